The van der Waals surface area contributed by atoms with Gasteiger partial charge in [-0.1, -0.05) is 25.1 Å². The molecule has 0 bridgehead atoms. The number of likely N-dealkylation sites (N-methyl/N-ethyl adjacent to an activating group) is 1. The van der Waals surface area contributed by atoms with Gasteiger partial charge in [-0.05, 0) is 73.6 Å². The van der Waals surface area contributed by atoms with Crippen molar-refractivity contribution in [1.29, 1.82) is 0 Å². The Kier molecular flexibility index (Phi) is 5.37. The van der Waals surface area contributed by atoms with Gasteiger partial charge in [0.05, 0.1) is 5.57 Å². The lowest BCUT2D eigenvalue weighted by molar-refractivity contribution is -0.135. The van der Waals surface area contributed by atoms with Gasteiger partial charge in [0.1, 0.15) is 5.70 Å². The summed E-state index contributed by atoms with van der Waals surface area (Å²) in [5.41, 5.74) is 5.78. The highest BCUT2D eigenvalue weighted by atomic mass is 16.2. The number of benzene rings is 2. The lowest BCUT2D eigenvalue weighted by atomic mass is 9.99. The van der Waals surface area contributed by atoms with Crippen LogP contribution in [0, 0.1) is 19.8 Å². The molecule has 2 aliphatic rings. The van der Waals surface area contributed by atoms with Crippen molar-refractivity contribution in [1.82, 2.24) is 4.90 Å². The Balaban J connectivity index is 1.62. The van der Waals surface area contributed by atoms with Crippen LogP contribution in [0.5, 0.6) is 0 Å². The lowest BCUT2D eigenvalue weighted by Gasteiger charge is -2.32. The highest BCUT2D eigenvalue weighted by molar-refractivity contribution is 6.36. The maximum Gasteiger partial charge on any atom is 0.277 e. The van der Waals surface area contributed by atoms with Gasteiger partial charge in [-0.15, -0.1) is 0 Å². The van der Waals surface area contributed by atoms with Gasteiger partial charge < -0.3 is 10.2 Å². The Morgan fingerprint density at radius 1 is 0.900 bits per heavy atom. The summed E-state index contributed by atoms with van der Waals surface area (Å²) in [7, 11) is 1.53. The minimum Gasteiger partial charge on any atom is -0.372 e. The molecule has 0 aliphatic carbocycles. The summed E-state index contributed by atoms with van der Waals surface area (Å²) in [6, 6.07) is 14.0. The van der Waals surface area contributed by atoms with Crippen molar-refractivity contribution >= 4 is 28.8 Å². The summed E-state index contributed by atoms with van der Waals surface area (Å²) in [6.45, 7) is 8.51. The average Bonchev–Trinajstić information content (AvgIpc) is 2.95. The van der Waals surface area contributed by atoms with E-state index in [-0.39, 0.29) is 11.8 Å². The van der Waals surface area contributed by atoms with E-state index in [1.54, 1.807) is 0 Å². The molecule has 5 nitrogen and oxygen atoms in total. The number of nitrogens with zero attached hydrogens (tertiary/aromatic N) is 2. The summed E-state index contributed by atoms with van der Waals surface area (Å²) in [6.07, 6.45) is 2.43. The van der Waals surface area contributed by atoms with Crippen molar-refractivity contribution < 1.29 is 9.59 Å². The van der Waals surface area contributed by atoms with Gasteiger partial charge in [-0.3, -0.25) is 14.5 Å². The third-order valence-electron chi connectivity index (χ3n) is 6.37. The van der Waals surface area contributed by atoms with E-state index in [1.807, 2.05) is 44.2 Å². The van der Waals surface area contributed by atoms with Crippen molar-refractivity contribution in [2.45, 2.75) is 33.6 Å². The Bertz CT molecular complexity index is 1020. The number of rotatable bonds is 4. The molecule has 156 valence electrons. The fourth-order valence-electron chi connectivity index (χ4n) is 4.09. The van der Waals surface area contributed by atoms with E-state index >= 15 is 0 Å². The molecule has 0 radical (unpaired) electrons. The van der Waals surface area contributed by atoms with Crippen molar-refractivity contribution in [3.8, 4) is 0 Å². The first kappa shape index (κ1) is 20.2. The molecule has 0 unspecified atom stereocenters. The van der Waals surface area contributed by atoms with Gasteiger partial charge in [-0.2, -0.15) is 0 Å². The number of aryl methyl sites for hydroxylation is 2. The number of amides is 2. The minimum atomic E-state index is -0.303. The molecular formula is C25H29N3O2. The molecule has 1 saturated heterocycles. The zero-order valence-electron chi connectivity index (χ0n) is 18.2. The van der Waals surface area contributed by atoms with Crippen LogP contribution in [0.2, 0.25) is 0 Å². The first-order valence-electron chi connectivity index (χ1n) is 10.6. The number of imide groups is 1. The molecule has 4 rings (SSSR count). The molecule has 0 saturated carbocycles. The molecular weight excluding hydrogens is 374 g/mol. The number of hydrogen-bond donors (Lipinski definition) is 1. The zero-order chi connectivity index (χ0) is 21.4. The zero-order valence-corrected chi connectivity index (χ0v) is 18.2. The van der Waals surface area contributed by atoms with Gasteiger partial charge in [-0.25, -0.2) is 0 Å². The van der Waals surface area contributed by atoms with E-state index in [4.69, 9.17) is 0 Å². The molecule has 2 aromatic carbocycles. The molecule has 30 heavy (non-hydrogen) atoms. The fourth-order valence-corrected chi connectivity index (χ4v) is 4.09. The molecule has 2 amide bonds. The largest absolute Gasteiger partial charge is 0.372 e. The second kappa shape index (κ2) is 7.98. The first-order valence-corrected chi connectivity index (χ1v) is 10.6. The van der Waals surface area contributed by atoms with Crippen LogP contribution < -0.4 is 10.2 Å². The number of anilines is 2. The Hall–Kier alpha value is -3.08. The highest BCUT2D eigenvalue weighted by Gasteiger charge is 2.36. The molecule has 0 spiro atoms. The maximum absolute atomic E-state index is 12.8. The molecule has 2 heterocycles. The van der Waals surface area contributed by atoms with Crippen molar-refractivity contribution in [2.24, 2.45) is 5.92 Å². The van der Waals surface area contributed by atoms with Crippen LogP contribution in [0.1, 0.15) is 36.5 Å². The van der Waals surface area contributed by atoms with Gasteiger partial charge >= 0.3 is 0 Å². The van der Waals surface area contributed by atoms with E-state index in [0.29, 0.717) is 11.3 Å². The summed E-state index contributed by atoms with van der Waals surface area (Å²) < 4.78 is 0. The van der Waals surface area contributed by atoms with Gasteiger partial charge in [0.2, 0.25) is 0 Å². The van der Waals surface area contributed by atoms with E-state index in [9.17, 15) is 9.59 Å². The molecule has 5 heteroatoms. The Morgan fingerprint density at radius 3 is 2.20 bits per heavy atom. The number of carbonyl (C=O) groups excluding carboxylic acids is 2. The first-order chi connectivity index (χ1) is 14.3. The van der Waals surface area contributed by atoms with Crippen LogP contribution in [0.15, 0.2) is 48.2 Å². The van der Waals surface area contributed by atoms with Crippen LogP contribution in [-0.2, 0) is 9.59 Å². The number of carbonyl (C=O) groups is 2. The summed E-state index contributed by atoms with van der Waals surface area (Å²) >= 11 is 0. The second-order valence-corrected chi connectivity index (χ2v) is 8.56. The number of piperidine rings is 1. The summed E-state index contributed by atoms with van der Waals surface area (Å²) in [4.78, 5) is 29.2. The van der Waals surface area contributed by atoms with Crippen molar-refractivity contribution in [3.63, 3.8) is 0 Å². The second-order valence-electron chi connectivity index (χ2n) is 8.56. The lowest BCUT2D eigenvalue weighted by Crippen LogP contribution is -2.32. The van der Waals surface area contributed by atoms with Crippen LogP contribution in [0.25, 0.3) is 5.57 Å². The summed E-state index contributed by atoms with van der Waals surface area (Å²) in [5.74, 6) is 0.216. The molecule has 1 fully saturated rings. The van der Waals surface area contributed by atoms with E-state index in [0.717, 1.165) is 41.4 Å². The van der Waals surface area contributed by atoms with Crippen molar-refractivity contribution in [3.05, 3.63) is 64.9 Å². The smallest absolute Gasteiger partial charge is 0.277 e. The molecule has 2 aliphatic heterocycles. The number of hydrogen-bond acceptors (Lipinski definition) is 4. The Labute approximate surface area is 178 Å². The summed E-state index contributed by atoms with van der Waals surface area (Å²) in [5, 5.41) is 3.22. The maximum atomic E-state index is 12.8. The fraction of sp³-hybridized carbons (Fsp3) is 0.360. The molecule has 0 atom stereocenters. The van der Waals surface area contributed by atoms with Gasteiger partial charge in [0.15, 0.2) is 0 Å². The third-order valence-corrected chi connectivity index (χ3v) is 6.37. The SMILES string of the molecule is Cc1ccc(C2=C(Nc3ccc(N4CCC(C)CC4)cc3)C(=O)N(C)C2=O)cc1C. The van der Waals surface area contributed by atoms with Crippen LogP contribution >= 0.6 is 0 Å². The minimum absolute atomic E-state index is 0.273. The van der Waals surface area contributed by atoms with E-state index in [2.05, 4.69) is 29.3 Å². The molecule has 1 N–H and O–H groups in total. The van der Waals surface area contributed by atoms with Crippen molar-refractivity contribution in [2.75, 3.05) is 30.4 Å². The van der Waals surface area contributed by atoms with E-state index < -0.39 is 0 Å². The van der Waals surface area contributed by atoms with Gasteiger partial charge in [0.25, 0.3) is 11.8 Å². The standard InChI is InChI=1S/C25H29N3O2/c1-16-11-13-28(14-12-16)21-9-7-20(8-10-21)26-23-22(24(29)27(4)25(23)30)19-6-5-17(2)18(3)15-19/h5-10,15-16,26H,11-14H2,1-4H3. The predicted octanol–water partition coefficient (Wildman–Crippen LogP) is 4.36. The van der Waals surface area contributed by atoms with Crippen LogP contribution in [0.4, 0.5) is 11.4 Å². The van der Waals surface area contributed by atoms with E-state index in [1.165, 1.54) is 30.5 Å². The highest BCUT2D eigenvalue weighted by Crippen LogP contribution is 2.31. The van der Waals surface area contributed by atoms with Gasteiger partial charge in [0, 0.05) is 31.5 Å². The third kappa shape index (κ3) is 3.72. The monoisotopic (exact) mass is 403 g/mol. The normalized spacial score (nSPS) is 17.9. The average molecular weight is 404 g/mol. The number of nitrogens with one attached hydrogen (secondary N) is 1. The predicted molar refractivity (Wildman–Crippen MR) is 121 cm³/mol. The molecule has 0 aromatic heterocycles. The topological polar surface area (TPSA) is 52.7 Å². The molecule has 2 aromatic rings. The van der Waals surface area contributed by atoms with Crippen LogP contribution in [0.3, 0.4) is 0 Å². The van der Waals surface area contributed by atoms with Crippen LogP contribution in [-0.4, -0.2) is 36.9 Å². The Morgan fingerprint density at radius 2 is 1.57 bits per heavy atom. The quantitative estimate of drug-likeness (QED) is 0.771.